The van der Waals surface area contributed by atoms with Crippen LogP contribution >= 0.6 is 11.8 Å². The normalized spacial score (nSPS) is 16.0. The molecule has 1 fully saturated rings. The van der Waals surface area contributed by atoms with Crippen molar-refractivity contribution >= 4 is 40.9 Å². The molecule has 36 heavy (non-hydrogen) atoms. The Balaban J connectivity index is 1.52. The Labute approximate surface area is 214 Å². The summed E-state index contributed by atoms with van der Waals surface area (Å²) < 4.78 is 7.37. The van der Waals surface area contributed by atoms with Crippen molar-refractivity contribution in [3.63, 3.8) is 0 Å². The number of carboxylic acid groups (broad SMARTS) is 1. The Kier molecular flexibility index (Phi) is 7.10. The van der Waals surface area contributed by atoms with Gasteiger partial charge in [-0.2, -0.15) is 10.1 Å². The van der Waals surface area contributed by atoms with Gasteiger partial charge in [-0.15, -0.1) is 11.8 Å². The van der Waals surface area contributed by atoms with Crippen LogP contribution in [0.4, 0.5) is 10.7 Å². The van der Waals surface area contributed by atoms with Crippen molar-refractivity contribution < 1.29 is 14.6 Å². The van der Waals surface area contributed by atoms with E-state index in [-0.39, 0.29) is 5.95 Å². The Bertz CT molecular complexity index is 1330. The van der Waals surface area contributed by atoms with Crippen molar-refractivity contribution in [2.75, 3.05) is 37.8 Å². The molecule has 5 heterocycles. The quantitative estimate of drug-likeness (QED) is 0.448. The number of hydrogen-bond acceptors (Lipinski definition) is 8. The first-order valence-corrected chi connectivity index (χ1v) is 13.2. The van der Waals surface area contributed by atoms with E-state index in [0.717, 1.165) is 57.4 Å². The lowest BCUT2D eigenvalue weighted by molar-refractivity contribution is 0.209. The Morgan fingerprint density at radius 3 is 2.78 bits per heavy atom. The topological polar surface area (TPSA) is 118 Å². The highest BCUT2D eigenvalue weighted by molar-refractivity contribution is 7.99. The zero-order chi connectivity index (χ0) is 25.2. The number of thioether (sulfide) groups is 1. The highest BCUT2D eigenvalue weighted by atomic mass is 32.2. The second kappa shape index (κ2) is 10.4. The SMILES string of the molecule is COc1c(C)cnc(Cn2nc3c4c(nc(NC(=O)O)nc42)SCC(CCN2CCCCC2)=C3)c1C. The van der Waals surface area contributed by atoms with Gasteiger partial charge >= 0.3 is 6.09 Å². The molecule has 190 valence electrons. The number of nitrogens with one attached hydrogen (secondary N) is 1. The van der Waals surface area contributed by atoms with Crippen LogP contribution in [0.15, 0.2) is 16.8 Å². The van der Waals surface area contributed by atoms with E-state index in [1.54, 1.807) is 29.8 Å². The number of aryl methyl sites for hydroxylation is 1. The van der Waals surface area contributed by atoms with E-state index in [0.29, 0.717) is 12.2 Å². The van der Waals surface area contributed by atoms with Gasteiger partial charge in [0, 0.05) is 29.6 Å². The molecule has 1 amide bonds. The summed E-state index contributed by atoms with van der Waals surface area (Å²) in [6, 6.07) is 0. The van der Waals surface area contributed by atoms with E-state index in [1.807, 2.05) is 13.8 Å². The first kappa shape index (κ1) is 24.5. The van der Waals surface area contributed by atoms with Crippen LogP contribution in [0, 0.1) is 13.8 Å². The number of pyridine rings is 1. The number of likely N-dealkylation sites (tertiary alicyclic amines) is 1. The number of ether oxygens (including phenoxy) is 1. The summed E-state index contributed by atoms with van der Waals surface area (Å²) in [5.41, 5.74) is 5.43. The molecule has 5 rings (SSSR count). The van der Waals surface area contributed by atoms with Crippen LogP contribution in [-0.2, 0) is 6.54 Å². The van der Waals surface area contributed by atoms with Gasteiger partial charge in [0.1, 0.15) is 10.8 Å². The van der Waals surface area contributed by atoms with E-state index in [4.69, 9.17) is 9.84 Å². The van der Waals surface area contributed by atoms with Gasteiger partial charge in [0.15, 0.2) is 5.65 Å². The Morgan fingerprint density at radius 2 is 2.03 bits per heavy atom. The van der Waals surface area contributed by atoms with Crippen molar-refractivity contribution in [1.29, 1.82) is 0 Å². The number of methoxy groups -OCH3 is 1. The molecule has 0 aliphatic carbocycles. The minimum atomic E-state index is -1.20. The van der Waals surface area contributed by atoms with Crippen LogP contribution in [0.2, 0.25) is 0 Å². The smallest absolute Gasteiger partial charge is 0.411 e. The van der Waals surface area contributed by atoms with Gasteiger partial charge in [-0.1, -0.05) is 12.0 Å². The maximum Gasteiger partial charge on any atom is 0.411 e. The first-order chi connectivity index (χ1) is 17.4. The second-order valence-corrected chi connectivity index (χ2v) is 10.3. The zero-order valence-electron chi connectivity index (χ0n) is 20.9. The number of aromatic nitrogens is 5. The molecule has 0 atom stereocenters. The van der Waals surface area contributed by atoms with Crippen molar-refractivity contribution in [2.24, 2.45) is 0 Å². The minimum absolute atomic E-state index is 0.0492. The number of anilines is 1. The van der Waals surface area contributed by atoms with E-state index in [1.165, 1.54) is 37.9 Å². The number of carbonyl (C=O) groups is 1. The van der Waals surface area contributed by atoms with E-state index < -0.39 is 6.09 Å². The summed E-state index contributed by atoms with van der Waals surface area (Å²) in [5.74, 6) is 1.64. The van der Waals surface area contributed by atoms with E-state index in [9.17, 15) is 9.90 Å². The maximum atomic E-state index is 11.3. The molecule has 11 heteroatoms. The molecule has 1 saturated heterocycles. The van der Waals surface area contributed by atoms with Gasteiger partial charge in [-0.3, -0.25) is 10.3 Å². The summed E-state index contributed by atoms with van der Waals surface area (Å²) in [6.07, 6.45) is 7.60. The molecule has 0 spiro atoms. The average Bonchev–Trinajstić information content (AvgIpc) is 3.09. The molecule has 2 aliphatic rings. The van der Waals surface area contributed by atoms with Crippen LogP contribution in [0.5, 0.6) is 5.75 Å². The first-order valence-electron chi connectivity index (χ1n) is 12.2. The maximum absolute atomic E-state index is 11.3. The fourth-order valence-corrected chi connectivity index (χ4v) is 5.97. The monoisotopic (exact) mass is 509 g/mol. The van der Waals surface area contributed by atoms with Gasteiger partial charge < -0.3 is 14.7 Å². The molecule has 10 nitrogen and oxygen atoms in total. The lowest BCUT2D eigenvalue weighted by Gasteiger charge is -2.26. The number of rotatable bonds is 7. The van der Waals surface area contributed by atoms with E-state index >= 15 is 0 Å². The molecule has 0 radical (unpaired) electrons. The number of piperidine rings is 1. The van der Waals surface area contributed by atoms with Crippen LogP contribution in [-0.4, -0.2) is 73.3 Å². The number of nitrogens with zero attached hydrogens (tertiary/aromatic N) is 6. The van der Waals surface area contributed by atoms with Gasteiger partial charge in [-0.25, -0.2) is 14.5 Å². The molecular formula is C25H31N7O3S. The predicted molar refractivity (Wildman–Crippen MR) is 140 cm³/mol. The highest BCUT2D eigenvalue weighted by Gasteiger charge is 2.23. The Morgan fingerprint density at radius 1 is 1.22 bits per heavy atom. The van der Waals surface area contributed by atoms with Crippen LogP contribution in [0.3, 0.4) is 0 Å². The molecule has 2 aliphatic heterocycles. The molecule has 0 unspecified atom stereocenters. The fourth-order valence-electron chi connectivity index (χ4n) is 4.93. The van der Waals surface area contributed by atoms with Crippen LogP contribution in [0.25, 0.3) is 17.1 Å². The van der Waals surface area contributed by atoms with Gasteiger partial charge in [-0.05, 0) is 52.3 Å². The standard InChI is InChI=1S/C25H31N7O3S/c1-15-12-26-19(16(2)21(15)35-3)13-32-22-20-18(30-32)11-17(7-10-31-8-5-4-6-9-31)14-36-23(20)28-24(27-22)29-25(33)34/h11-12H,4-10,13-14H2,1-3H3,(H,33,34)(H,27,28,29). The third-order valence-corrected chi connectivity index (χ3v) is 7.87. The molecule has 0 saturated carbocycles. The lowest BCUT2D eigenvalue weighted by atomic mass is 10.1. The number of hydrogen-bond donors (Lipinski definition) is 2. The predicted octanol–water partition coefficient (Wildman–Crippen LogP) is 4.35. The van der Waals surface area contributed by atoms with Crippen LogP contribution < -0.4 is 10.1 Å². The summed E-state index contributed by atoms with van der Waals surface area (Å²) in [4.78, 5) is 27.6. The Hall–Kier alpha value is -3.18. The summed E-state index contributed by atoms with van der Waals surface area (Å²) in [7, 11) is 1.66. The summed E-state index contributed by atoms with van der Waals surface area (Å²) in [6.45, 7) is 7.70. The van der Waals surface area contributed by atoms with Crippen molar-refractivity contribution in [3.05, 3.63) is 34.3 Å². The third-order valence-electron chi connectivity index (χ3n) is 6.79. The highest BCUT2D eigenvalue weighted by Crippen LogP contribution is 2.36. The fraction of sp³-hybridized carbons (Fsp3) is 0.480. The van der Waals surface area contributed by atoms with Crippen molar-refractivity contribution in [1.82, 2.24) is 29.6 Å². The minimum Gasteiger partial charge on any atom is -0.496 e. The second-order valence-electron chi connectivity index (χ2n) is 9.31. The largest absolute Gasteiger partial charge is 0.496 e. The molecule has 0 bridgehead atoms. The van der Waals surface area contributed by atoms with Crippen molar-refractivity contribution in [2.45, 2.75) is 51.1 Å². The van der Waals surface area contributed by atoms with Crippen molar-refractivity contribution in [3.8, 4) is 5.75 Å². The van der Waals surface area contributed by atoms with E-state index in [2.05, 4.69) is 31.2 Å². The lowest BCUT2D eigenvalue weighted by Crippen LogP contribution is -2.30. The zero-order valence-corrected chi connectivity index (χ0v) is 21.7. The molecular weight excluding hydrogens is 478 g/mol. The van der Waals surface area contributed by atoms with Gasteiger partial charge in [0.25, 0.3) is 0 Å². The number of amides is 1. The molecule has 2 N–H and O–H groups in total. The summed E-state index contributed by atoms with van der Waals surface area (Å²) >= 11 is 1.61. The third kappa shape index (κ3) is 5.03. The molecule has 0 aromatic carbocycles. The average molecular weight is 510 g/mol. The van der Waals surface area contributed by atoms with Gasteiger partial charge in [0.05, 0.1) is 30.4 Å². The molecule has 3 aromatic rings. The summed E-state index contributed by atoms with van der Waals surface area (Å²) in [5, 5.41) is 18.1. The van der Waals surface area contributed by atoms with Gasteiger partial charge in [0.2, 0.25) is 5.95 Å². The van der Waals surface area contributed by atoms with Crippen LogP contribution in [0.1, 0.15) is 48.2 Å². The molecule has 3 aromatic heterocycles.